The molecule has 0 bridgehead atoms. The molecule has 0 saturated carbocycles. The molecule has 0 saturated heterocycles. The Bertz CT molecular complexity index is 1360. The van der Waals surface area contributed by atoms with Crippen LogP contribution in [0.1, 0.15) is 17.0 Å². The summed E-state index contributed by atoms with van der Waals surface area (Å²) < 4.78 is 17.0. The summed E-state index contributed by atoms with van der Waals surface area (Å²) in [4.78, 5) is 8.77. The van der Waals surface area contributed by atoms with E-state index in [1.807, 2.05) is 63.2 Å². The molecule has 0 atom stereocenters. The zero-order chi connectivity index (χ0) is 22.8. The van der Waals surface area contributed by atoms with Gasteiger partial charge in [0, 0.05) is 33.4 Å². The third-order valence-electron chi connectivity index (χ3n) is 4.95. The van der Waals surface area contributed by atoms with Gasteiger partial charge in [0.1, 0.15) is 11.3 Å². The lowest BCUT2D eigenvalue weighted by atomic mass is 10.1. The average molecular weight is 451 g/mol. The number of hydrogen-bond donors (Lipinski definition) is 1. The Hall–Kier alpha value is -3.58. The van der Waals surface area contributed by atoms with Gasteiger partial charge in [-0.15, -0.1) is 0 Å². The number of benzene rings is 2. The van der Waals surface area contributed by atoms with Crippen molar-refractivity contribution in [2.75, 3.05) is 19.6 Å². The van der Waals surface area contributed by atoms with Crippen LogP contribution in [0.15, 0.2) is 52.0 Å². The number of rotatable bonds is 5. The van der Waals surface area contributed by atoms with Gasteiger partial charge in [0.25, 0.3) is 0 Å². The highest BCUT2D eigenvalue weighted by Gasteiger charge is 2.12. The van der Waals surface area contributed by atoms with Crippen LogP contribution in [0.25, 0.3) is 22.3 Å². The van der Waals surface area contributed by atoms with Crippen molar-refractivity contribution in [2.24, 2.45) is 5.10 Å². The molecule has 0 aliphatic heterocycles. The molecule has 164 valence electrons. The molecule has 0 unspecified atom stereocenters. The van der Waals surface area contributed by atoms with Gasteiger partial charge in [-0.1, -0.05) is 11.6 Å². The van der Waals surface area contributed by atoms with Crippen LogP contribution >= 0.6 is 11.6 Å². The lowest BCUT2D eigenvalue weighted by molar-refractivity contribution is 0.355. The summed E-state index contributed by atoms with van der Waals surface area (Å²) in [6, 6.07) is 13.1. The Labute approximate surface area is 190 Å². The number of methoxy groups -OCH3 is 2. The van der Waals surface area contributed by atoms with E-state index in [2.05, 4.69) is 20.5 Å². The molecule has 0 spiro atoms. The van der Waals surface area contributed by atoms with Crippen LogP contribution in [0.2, 0.25) is 5.02 Å². The molecular weight excluding hydrogens is 428 g/mol. The Morgan fingerprint density at radius 3 is 2.31 bits per heavy atom. The molecule has 2 aromatic carbocycles. The highest BCUT2D eigenvalue weighted by Crippen LogP contribution is 2.33. The molecule has 2 aromatic heterocycles. The zero-order valence-electron chi connectivity index (χ0n) is 18.5. The minimum Gasteiger partial charge on any atom is -0.493 e. The van der Waals surface area contributed by atoms with Gasteiger partial charge in [-0.2, -0.15) is 5.10 Å². The van der Waals surface area contributed by atoms with Gasteiger partial charge in [-0.05, 0) is 62.7 Å². The third-order valence-corrected chi connectivity index (χ3v) is 5.36. The monoisotopic (exact) mass is 450 g/mol. The molecule has 0 radical (unpaired) electrons. The van der Waals surface area contributed by atoms with Crippen molar-refractivity contribution in [3.05, 3.63) is 69.8 Å². The number of fused-ring (bicyclic) bond motifs is 1. The minimum absolute atomic E-state index is 0.419. The maximum Gasteiger partial charge on any atom is 0.243 e. The first kappa shape index (κ1) is 21.6. The quantitative estimate of drug-likeness (QED) is 0.409. The molecule has 32 heavy (non-hydrogen) atoms. The number of aromatic nitrogens is 2. The van der Waals surface area contributed by atoms with Gasteiger partial charge in [0.15, 0.2) is 11.5 Å². The smallest absolute Gasteiger partial charge is 0.243 e. The van der Waals surface area contributed by atoms with Crippen LogP contribution in [-0.4, -0.2) is 24.2 Å². The van der Waals surface area contributed by atoms with E-state index < -0.39 is 0 Å². The van der Waals surface area contributed by atoms with Crippen molar-refractivity contribution < 1.29 is 13.9 Å². The second-order valence-electron chi connectivity index (χ2n) is 7.36. The Morgan fingerprint density at radius 2 is 1.62 bits per heavy atom. The first-order valence-corrected chi connectivity index (χ1v) is 10.3. The summed E-state index contributed by atoms with van der Waals surface area (Å²) in [7, 11) is 3.20. The molecule has 2 heterocycles. The number of hydrogen-bond acceptors (Lipinski definition) is 7. The van der Waals surface area contributed by atoms with E-state index in [0.717, 1.165) is 27.9 Å². The summed E-state index contributed by atoms with van der Waals surface area (Å²) in [6.45, 7) is 5.75. The van der Waals surface area contributed by atoms with E-state index in [1.54, 1.807) is 14.2 Å². The fraction of sp³-hybridized carbons (Fsp3) is 0.208. The second-order valence-corrected chi connectivity index (χ2v) is 7.77. The summed E-state index contributed by atoms with van der Waals surface area (Å²) in [6.07, 6.45) is 0. The van der Waals surface area contributed by atoms with E-state index in [4.69, 9.17) is 25.5 Å². The third kappa shape index (κ3) is 4.38. The molecule has 0 fully saturated rings. The van der Waals surface area contributed by atoms with Crippen LogP contribution in [-0.2, 0) is 0 Å². The Morgan fingerprint density at radius 1 is 0.906 bits per heavy atom. The SMILES string of the molecule is COc1ccc(-c2cc(=NNc3nc(C)cc(C)n3)c3cc(Cl)c(C)cc3o2)cc1OC. The molecule has 1 N–H and O–H groups in total. The normalized spacial score (nSPS) is 11.6. The van der Waals surface area contributed by atoms with Gasteiger partial charge >= 0.3 is 0 Å². The molecule has 0 aliphatic rings. The van der Waals surface area contributed by atoms with E-state index in [1.165, 1.54) is 0 Å². The topological polar surface area (TPSA) is 81.8 Å². The molecular formula is C24H23ClN4O3. The maximum atomic E-state index is 6.39. The van der Waals surface area contributed by atoms with Gasteiger partial charge in [-0.25, -0.2) is 15.4 Å². The number of ether oxygens (including phenoxy) is 2. The summed E-state index contributed by atoms with van der Waals surface area (Å²) in [5.74, 6) is 2.27. The maximum absolute atomic E-state index is 6.39. The van der Waals surface area contributed by atoms with Gasteiger partial charge in [0.2, 0.25) is 5.95 Å². The van der Waals surface area contributed by atoms with E-state index in [9.17, 15) is 0 Å². The predicted octanol–water partition coefficient (Wildman–Crippen LogP) is 5.41. The van der Waals surface area contributed by atoms with Crippen LogP contribution in [0.4, 0.5) is 5.95 Å². The van der Waals surface area contributed by atoms with Crippen molar-refractivity contribution in [1.29, 1.82) is 0 Å². The average Bonchev–Trinajstić information content (AvgIpc) is 2.77. The van der Waals surface area contributed by atoms with E-state index >= 15 is 0 Å². The molecule has 0 amide bonds. The fourth-order valence-electron chi connectivity index (χ4n) is 3.40. The minimum atomic E-state index is 0.419. The first-order chi connectivity index (χ1) is 15.4. The number of nitrogens with one attached hydrogen (secondary N) is 1. The van der Waals surface area contributed by atoms with Crippen LogP contribution in [0.5, 0.6) is 11.5 Å². The van der Waals surface area contributed by atoms with Gasteiger partial charge < -0.3 is 13.9 Å². The van der Waals surface area contributed by atoms with Crippen molar-refractivity contribution in [3.63, 3.8) is 0 Å². The van der Waals surface area contributed by atoms with Crippen molar-refractivity contribution in [3.8, 4) is 22.8 Å². The van der Waals surface area contributed by atoms with Crippen molar-refractivity contribution in [2.45, 2.75) is 20.8 Å². The number of nitrogens with zero attached hydrogens (tertiary/aromatic N) is 3. The lowest BCUT2D eigenvalue weighted by Gasteiger charge is -2.11. The molecule has 7 nitrogen and oxygen atoms in total. The fourth-order valence-corrected chi connectivity index (χ4v) is 3.56. The highest BCUT2D eigenvalue weighted by atomic mass is 35.5. The predicted molar refractivity (Wildman–Crippen MR) is 125 cm³/mol. The molecule has 4 rings (SSSR count). The van der Waals surface area contributed by atoms with E-state index in [0.29, 0.717) is 39.2 Å². The Kier molecular flexibility index (Phi) is 6.01. The highest BCUT2D eigenvalue weighted by molar-refractivity contribution is 6.32. The van der Waals surface area contributed by atoms with Crippen LogP contribution in [0.3, 0.4) is 0 Å². The number of aryl methyl sites for hydroxylation is 3. The number of halogens is 1. The molecule has 4 aromatic rings. The largest absolute Gasteiger partial charge is 0.493 e. The zero-order valence-corrected chi connectivity index (χ0v) is 19.2. The standard InChI is InChI=1S/C24H23ClN4O3/c1-13-8-22-17(11-18(13)25)19(28-29-24-26-14(2)9-15(3)27-24)12-21(32-22)16-6-7-20(30-4)23(10-16)31-5/h6-12H,1-5H3,(H,26,27,29). The Balaban J connectivity index is 1.90. The summed E-state index contributed by atoms with van der Waals surface area (Å²) in [5, 5.41) is 6.61. The number of anilines is 1. The molecule has 0 aliphatic carbocycles. The second kappa shape index (κ2) is 8.88. The van der Waals surface area contributed by atoms with Crippen LogP contribution < -0.4 is 20.3 Å². The van der Waals surface area contributed by atoms with Crippen molar-refractivity contribution >= 4 is 28.5 Å². The molecule has 8 heteroatoms. The summed E-state index contributed by atoms with van der Waals surface area (Å²) >= 11 is 6.39. The van der Waals surface area contributed by atoms with Gasteiger partial charge in [0.05, 0.1) is 19.6 Å². The van der Waals surface area contributed by atoms with Crippen molar-refractivity contribution in [1.82, 2.24) is 9.97 Å². The van der Waals surface area contributed by atoms with E-state index in [-0.39, 0.29) is 0 Å². The summed E-state index contributed by atoms with van der Waals surface area (Å²) in [5.41, 5.74) is 7.05. The first-order valence-electron chi connectivity index (χ1n) is 9.96. The van der Waals surface area contributed by atoms with Gasteiger partial charge in [-0.3, -0.25) is 0 Å². The van der Waals surface area contributed by atoms with Crippen LogP contribution in [0, 0.1) is 20.8 Å². The lowest BCUT2D eigenvalue weighted by Crippen LogP contribution is -2.09.